The first-order valence-corrected chi connectivity index (χ1v) is 7.01. The number of amides is 1. The molecule has 23 heavy (non-hydrogen) atoms. The standard InChI is InChI=1S/C14H17N3O6/c1-8(19)15-12-3-4-17(14(21)16-12)13-5-10(6-18)11(23-13)7-22-9(2)20/h3-4,6,10-11,13H,5,7H2,1-2H3,(H,15,16,19,21)/t10-,11-,13-/m1/s1. The predicted molar refractivity (Wildman–Crippen MR) is 77.5 cm³/mol. The molecule has 124 valence electrons. The van der Waals surface area contributed by atoms with Crippen molar-refractivity contribution < 1.29 is 23.9 Å². The molecular formula is C14H17N3O6. The molecule has 1 fully saturated rings. The van der Waals surface area contributed by atoms with E-state index in [0.717, 1.165) is 6.29 Å². The second kappa shape index (κ2) is 7.14. The van der Waals surface area contributed by atoms with Crippen LogP contribution in [0.3, 0.4) is 0 Å². The van der Waals surface area contributed by atoms with Crippen LogP contribution in [0.1, 0.15) is 26.5 Å². The number of hydrogen-bond donors (Lipinski definition) is 1. The van der Waals surface area contributed by atoms with Gasteiger partial charge in [-0.25, -0.2) is 4.79 Å². The van der Waals surface area contributed by atoms with Gasteiger partial charge in [0.05, 0.1) is 0 Å². The Hall–Kier alpha value is -2.55. The van der Waals surface area contributed by atoms with E-state index in [-0.39, 0.29) is 24.8 Å². The minimum atomic E-state index is -0.683. The number of nitrogens with one attached hydrogen (secondary N) is 1. The maximum Gasteiger partial charge on any atom is 0.351 e. The zero-order valence-electron chi connectivity index (χ0n) is 12.7. The van der Waals surface area contributed by atoms with E-state index < -0.39 is 29.9 Å². The second-order valence-corrected chi connectivity index (χ2v) is 5.15. The molecule has 1 aliphatic rings. The number of carbonyl (C=O) groups excluding carboxylic acids is 3. The van der Waals surface area contributed by atoms with Gasteiger partial charge in [0.15, 0.2) is 0 Å². The maximum absolute atomic E-state index is 12.0. The van der Waals surface area contributed by atoms with Crippen LogP contribution in [0.5, 0.6) is 0 Å². The van der Waals surface area contributed by atoms with Gasteiger partial charge in [0.25, 0.3) is 0 Å². The number of carbonyl (C=O) groups is 3. The monoisotopic (exact) mass is 323 g/mol. The largest absolute Gasteiger partial charge is 0.463 e. The average molecular weight is 323 g/mol. The highest BCUT2D eigenvalue weighted by Gasteiger charge is 2.37. The Kier molecular flexibility index (Phi) is 5.22. The fourth-order valence-electron chi connectivity index (χ4n) is 2.31. The Balaban J connectivity index is 2.13. The van der Waals surface area contributed by atoms with Gasteiger partial charge < -0.3 is 19.6 Å². The lowest BCUT2D eigenvalue weighted by Crippen LogP contribution is -2.28. The summed E-state index contributed by atoms with van der Waals surface area (Å²) in [5, 5.41) is 2.41. The fourth-order valence-corrected chi connectivity index (χ4v) is 2.31. The van der Waals surface area contributed by atoms with Crippen LogP contribution in [0, 0.1) is 5.92 Å². The Morgan fingerprint density at radius 3 is 2.83 bits per heavy atom. The molecule has 3 atom stereocenters. The quantitative estimate of drug-likeness (QED) is 0.592. The van der Waals surface area contributed by atoms with Crippen LogP contribution in [0.25, 0.3) is 0 Å². The molecule has 1 aliphatic heterocycles. The van der Waals surface area contributed by atoms with Crippen LogP contribution in [0.15, 0.2) is 17.1 Å². The number of ether oxygens (including phenoxy) is 2. The summed E-state index contributed by atoms with van der Waals surface area (Å²) in [4.78, 5) is 48.7. The zero-order chi connectivity index (χ0) is 17.0. The molecule has 9 heteroatoms. The SMILES string of the molecule is CC(=O)Nc1ccn([C@H]2C[C@H](C=O)[C@@H](COC(C)=O)O2)c(=O)n1. The molecule has 2 rings (SSSR count). The summed E-state index contributed by atoms with van der Waals surface area (Å²) in [5.41, 5.74) is -0.612. The summed E-state index contributed by atoms with van der Waals surface area (Å²) < 4.78 is 11.7. The minimum absolute atomic E-state index is 0.0542. The highest BCUT2D eigenvalue weighted by Crippen LogP contribution is 2.31. The molecule has 0 radical (unpaired) electrons. The highest BCUT2D eigenvalue weighted by atomic mass is 16.6. The fraction of sp³-hybridized carbons (Fsp3) is 0.500. The number of aldehydes is 1. The van der Waals surface area contributed by atoms with E-state index in [0.29, 0.717) is 0 Å². The average Bonchev–Trinajstić information content (AvgIpc) is 2.87. The van der Waals surface area contributed by atoms with Crippen molar-refractivity contribution in [2.24, 2.45) is 5.92 Å². The van der Waals surface area contributed by atoms with Crippen molar-refractivity contribution in [3.63, 3.8) is 0 Å². The van der Waals surface area contributed by atoms with Crippen molar-refractivity contribution in [3.8, 4) is 0 Å². The number of aromatic nitrogens is 2. The zero-order valence-corrected chi connectivity index (χ0v) is 12.7. The topological polar surface area (TPSA) is 117 Å². The first-order valence-electron chi connectivity index (χ1n) is 7.01. The molecule has 1 saturated heterocycles. The van der Waals surface area contributed by atoms with Gasteiger partial charge in [-0.15, -0.1) is 0 Å². The Morgan fingerprint density at radius 2 is 2.26 bits per heavy atom. The molecule has 0 spiro atoms. The molecule has 1 aromatic rings. The summed E-state index contributed by atoms with van der Waals surface area (Å²) in [5.74, 6) is -1.16. The van der Waals surface area contributed by atoms with Crippen molar-refractivity contribution in [1.29, 1.82) is 0 Å². The second-order valence-electron chi connectivity index (χ2n) is 5.15. The number of esters is 1. The van der Waals surface area contributed by atoms with Crippen molar-refractivity contribution >= 4 is 24.0 Å². The van der Waals surface area contributed by atoms with Crippen LogP contribution in [0.4, 0.5) is 5.82 Å². The molecular weight excluding hydrogens is 306 g/mol. The van der Waals surface area contributed by atoms with Gasteiger partial charge in [-0.1, -0.05) is 0 Å². The van der Waals surface area contributed by atoms with Crippen LogP contribution >= 0.6 is 0 Å². The number of nitrogens with zero attached hydrogens (tertiary/aromatic N) is 2. The third-order valence-electron chi connectivity index (χ3n) is 3.35. The van der Waals surface area contributed by atoms with Crippen molar-refractivity contribution in [2.75, 3.05) is 11.9 Å². The molecule has 1 N–H and O–H groups in total. The molecule has 2 heterocycles. The van der Waals surface area contributed by atoms with Gasteiger partial charge in [-0.2, -0.15) is 4.98 Å². The molecule has 0 aliphatic carbocycles. The van der Waals surface area contributed by atoms with Crippen molar-refractivity contribution in [2.45, 2.75) is 32.6 Å². The van der Waals surface area contributed by atoms with Gasteiger partial charge in [0.1, 0.15) is 31.0 Å². The summed E-state index contributed by atoms with van der Waals surface area (Å²) in [6, 6.07) is 1.46. The van der Waals surface area contributed by atoms with Crippen LogP contribution in [0.2, 0.25) is 0 Å². The van der Waals surface area contributed by atoms with E-state index in [4.69, 9.17) is 9.47 Å². The normalized spacial score (nSPS) is 23.3. The lowest BCUT2D eigenvalue weighted by molar-refractivity contribution is -0.147. The molecule has 0 saturated carbocycles. The van der Waals surface area contributed by atoms with Gasteiger partial charge in [0, 0.05) is 32.4 Å². The molecule has 9 nitrogen and oxygen atoms in total. The van der Waals surface area contributed by atoms with E-state index in [1.807, 2.05) is 0 Å². The molecule has 1 amide bonds. The Morgan fingerprint density at radius 1 is 1.52 bits per heavy atom. The van der Waals surface area contributed by atoms with E-state index >= 15 is 0 Å². The Bertz CT molecular complexity index is 671. The number of anilines is 1. The van der Waals surface area contributed by atoms with Crippen LogP contribution in [-0.4, -0.2) is 40.4 Å². The minimum Gasteiger partial charge on any atom is -0.463 e. The summed E-state index contributed by atoms with van der Waals surface area (Å²) in [6.07, 6.45) is 1.14. The molecule has 0 unspecified atom stereocenters. The lowest BCUT2D eigenvalue weighted by Gasteiger charge is -2.16. The van der Waals surface area contributed by atoms with Gasteiger partial charge in [-0.05, 0) is 6.07 Å². The van der Waals surface area contributed by atoms with Gasteiger partial charge >= 0.3 is 11.7 Å². The number of rotatable bonds is 5. The van der Waals surface area contributed by atoms with Gasteiger partial charge in [-0.3, -0.25) is 14.2 Å². The third kappa shape index (κ3) is 4.22. The van der Waals surface area contributed by atoms with Crippen LogP contribution in [-0.2, 0) is 23.9 Å². The van der Waals surface area contributed by atoms with Crippen LogP contribution < -0.4 is 11.0 Å². The lowest BCUT2D eigenvalue weighted by atomic mass is 10.0. The maximum atomic E-state index is 12.0. The third-order valence-corrected chi connectivity index (χ3v) is 3.35. The summed E-state index contributed by atoms with van der Waals surface area (Å²) in [6.45, 7) is 2.51. The van der Waals surface area contributed by atoms with Crippen molar-refractivity contribution in [3.05, 3.63) is 22.7 Å². The first-order chi connectivity index (χ1) is 10.9. The van der Waals surface area contributed by atoms with E-state index in [1.165, 1.54) is 30.7 Å². The molecule has 1 aromatic heterocycles. The van der Waals surface area contributed by atoms with E-state index in [9.17, 15) is 19.2 Å². The molecule has 0 aromatic carbocycles. The summed E-state index contributed by atoms with van der Waals surface area (Å²) in [7, 11) is 0. The Labute approximate surface area is 131 Å². The van der Waals surface area contributed by atoms with Crippen molar-refractivity contribution in [1.82, 2.24) is 9.55 Å². The predicted octanol–water partition coefficient (Wildman–Crippen LogP) is -0.133. The molecule has 0 bridgehead atoms. The highest BCUT2D eigenvalue weighted by molar-refractivity contribution is 5.87. The smallest absolute Gasteiger partial charge is 0.351 e. The van der Waals surface area contributed by atoms with E-state index in [2.05, 4.69) is 10.3 Å². The summed E-state index contributed by atoms with van der Waals surface area (Å²) >= 11 is 0. The van der Waals surface area contributed by atoms with E-state index in [1.54, 1.807) is 0 Å². The van der Waals surface area contributed by atoms with Gasteiger partial charge in [0.2, 0.25) is 5.91 Å². The number of hydrogen-bond acceptors (Lipinski definition) is 7. The first kappa shape index (κ1) is 16.8.